The molecule has 0 atom stereocenters. The van der Waals surface area contributed by atoms with Crippen molar-refractivity contribution in [2.75, 3.05) is 18.5 Å². The number of carbonyl (C=O) groups excluding carboxylic acids is 3. The van der Waals surface area contributed by atoms with Gasteiger partial charge in [-0.3, -0.25) is 9.59 Å². The van der Waals surface area contributed by atoms with E-state index in [1.54, 1.807) is 45.0 Å². The maximum Gasteiger partial charge on any atom is 0.408 e. The summed E-state index contributed by atoms with van der Waals surface area (Å²) in [6.07, 6.45) is -0.392. The third-order valence-electron chi connectivity index (χ3n) is 3.86. The van der Waals surface area contributed by atoms with E-state index in [4.69, 9.17) is 9.47 Å². The Labute approximate surface area is 182 Å². The number of hydrogen-bond acceptors (Lipinski definition) is 5. The van der Waals surface area contributed by atoms with Crippen LogP contribution >= 0.6 is 0 Å². The van der Waals surface area contributed by atoms with Crippen molar-refractivity contribution in [3.05, 3.63) is 60.2 Å². The number of nitrogens with one attached hydrogen (secondary N) is 3. The molecule has 0 radical (unpaired) electrons. The highest BCUT2D eigenvalue weighted by atomic mass is 16.6. The lowest BCUT2D eigenvalue weighted by Gasteiger charge is -2.19. The van der Waals surface area contributed by atoms with E-state index in [0.717, 1.165) is 11.3 Å². The summed E-state index contributed by atoms with van der Waals surface area (Å²) in [5.41, 5.74) is 0.852. The van der Waals surface area contributed by atoms with E-state index in [2.05, 4.69) is 16.0 Å². The molecule has 3 amide bonds. The van der Waals surface area contributed by atoms with Gasteiger partial charge in [0.2, 0.25) is 11.8 Å². The van der Waals surface area contributed by atoms with Crippen molar-refractivity contribution < 1.29 is 23.9 Å². The minimum absolute atomic E-state index is 0.110. The maximum absolute atomic E-state index is 11.9. The Hall–Kier alpha value is -3.55. The molecule has 166 valence electrons. The molecule has 0 bridgehead atoms. The number of amides is 3. The molecule has 2 rings (SSSR count). The zero-order chi connectivity index (χ0) is 22.7. The van der Waals surface area contributed by atoms with Gasteiger partial charge in [0.1, 0.15) is 17.9 Å². The van der Waals surface area contributed by atoms with Crippen molar-refractivity contribution in [2.24, 2.45) is 0 Å². The van der Waals surface area contributed by atoms with Gasteiger partial charge in [0.15, 0.2) is 0 Å². The Morgan fingerprint density at radius 1 is 0.871 bits per heavy atom. The second-order valence-electron chi connectivity index (χ2n) is 7.79. The third kappa shape index (κ3) is 10.2. The number of rotatable bonds is 9. The van der Waals surface area contributed by atoms with Gasteiger partial charge in [-0.05, 0) is 50.6 Å². The smallest absolute Gasteiger partial charge is 0.408 e. The van der Waals surface area contributed by atoms with E-state index in [1.165, 1.54) is 0 Å². The summed E-state index contributed by atoms with van der Waals surface area (Å²) in [7, 11) is 0. The van der Waals surface area contributed by atoms with Crippen molar-refractivity contribution in [3.8, 4) is 5.75 Å². The van der Waals surface area contributed by atoms with Gasteiger partial charge >= 0.3 is 6.09 Å². The number of alkyl carbamates (subject to hydrolysis) is 1. The van der Waals surface area contributed by atoms with Crippen LogP contribution in [0.25, 0.3) is 0 Å². The molecule has 8 nitrogen and oxygen atoms in total. The van der Waals surface area contributed by atoms with E-state index >= 15 is 0 Å². The largest absolute Gasteiger partial charge is 0.493 e. The topological polar surface area (TPSA) is 106 Å². The second kappa shape index (κ2) is 11.6. The minimum atomic E-state index is -0.650. The van der Waals surface area contributed by atoms with Crippen molar-refractivity contribution in [1.82, 2.24) is 10.6 Å². The molecule has 0 saturated carbocycles. The molecule has 0 aromatic heterocycles. The molecule has 0 aliphatic carbocycles. The summed E-state index contributed by atoms with van der Waals surface area (Å²) < 4.78 is 10.6. The van der Waals surface area contributed by atoms with Crippen molar-refractivity contribution >= 4 is 23.6 Å². The molecule has 2 aromatic rings. The normalized spacial score (nSPS) is 10.7. The van der Waals surface area contributed by atoms with Crippen molar-refractivity contribution in [2.45, 2.75) is 39.3 Å². The van der Waals surface area contributed by atoms with Crippen LogP contribution in [0.3, 0.4) is 0 Å². The zero-order valence-electron chi connectivity index (χ0n) is 18.1. The summed E-state index contributed by atoms with van der Waals surface area (Å²) in [6.45, 7) is 5.72. The number of ether oxygens (including phenoxy) is 2. The molecule has 8 heteroatoms. The van der Waals surface area contributed by atoms with Crippen LogP contribution in [0.5, 0.6) is 5.75 Å². The highest BCUT2D eigenvalue weighted by Gasteiger charge is 2.16. The summed E-state index contributed by atoms with van der Waals surface area (Å²) in [5, 5.41) is 7.91. The van der Waals surface area contributed by atoms with Crippen molar-refractivity contribution in [1.29, 1.82) is 0 Å². The Bertz CT molecular complexity index is 861. The first kappa shape index (κ1) is 23.7. The van der Waals surface area contributed by atoms with E-state index in [1.807, 2.05) is 30.3 Å². The quantitative estimate of drug-likeness (QED) is 0.570. The lowest BCUT2D eigenvalue weighted by molar-refractivity contribution is -0.121. The monoisotopic (exact) mass is 427 g/mol. The molecule has 0 fully saturated rings. The molecule has 3 N–H and O–H groups in total. The van der Waals surface area contributed by atoms with Gasteiger partial charge in [-0.1, -0.05) is 30.3 Å². The fourth-order valence-corrected chi connectivity index (χ4v) is 2.45. The van der Waals surface area contributed by atoms with Crippen LogP contribution in [-0.2, 0) is 20.9 Å². The summed E-state index contributed by atoms with van der Waals surface area (Å²) in [4.78, 5) is 35.4. The van der Waals surface area contributed by atoms with Gasteiger partial charge in [0, 0.05) is 12.2 Å². The molecular formula is C23H29N3O5. The number of para-hydroxylation sites is 1. The Balaban J connectivity index is 1.66. The number of carbonyl (C=O) groups is 3. The van der Waals surface area contributed by atoms with Gasteiger partial charge in [-0.25, -0.2) is 4.79 Å². The standard InChI is InChI=1S/C23H29N3O5/c1-23(2,3)31-22(29)25-16-21(28)26-18-11-9-17(10-12-18)15-24-20(27)13-14-30-19-7-5-4-6-8-19/h4-12H,13-16H2,1-3H3,(H,24,27)(H,25,29)(H,26,28). The highest BCUT2D eigenvalue weighted by Crippen LogP contribution is 2.10. The third-order valence-corrected chi connectivity index (χ3v) is 3.86. The summed E-state index contributed by atoms with van der Waals surface area (Å²) in [5.74, 6) is 0.251. The van der Waals surface area contributed by atoms with Crippen LogP contribution in [0.2, 0.25) is 0 Å². The molecule has 31 heavy (non-hydrogen) atoms. The molecule has 0 spiro atoms. The second-order valence-corrected chi connectivity index (χ2v) is 7.79. The van der Waals surface area contributed by atoms with Crippen LogP contribution in [0, 0.1) is 0 Å². The van der Waals surface area contributed by atoms with Crippen molar-refractivity contribution in [3.63, 3.8) is 0 Å². The average Bonchev–Trinajstić information content (AvgIpc) is 2.71. The van der Waals surface area contributed by atoms with Gasteiger partial charge in [-0.15, -0.1) is 0 Å². The minimum Gasteiger partial charge on any atom is -0.493 e. The molecule has 0 aliphatic rings. The van der Waals surface area contributed by atoms with E-state index in [-0.39, 0.29) is 24.8 Å². The van der Waals surface area contributed by atoms with E-state index < -0.39 is 11.7 Å². The number of anilines is 1. The first-order valence-corrected chi connectivity index (χ1v) is 10.0. The first-order chi connectivity index (χ1) is 14.7. The molecule has 0 unspecified atom stereocenters. The molecule has 2 aromatic carbocycles. The fraction of sp³-hybridized carbons (Fsp3) is 0.348. The SMILES string of the molecule is CC(C)(C)OC(=O)NCC(=O)Nc1ccc(CNC(=O)CCOc2ccccc2)cc1. The summed E-state index contributed by atoms with van der Waals surface area (Å²) in [6, 6.07) is 16.4. The van der Waals surface area contributed by atoms with Crippen LogP contribution in [0.15, 0.2) is 54.6 Å². The first-order valence-electron chi connectivity index (χ1n) is 10.0. The van der Waals surface area contributed by atoms with Gasteiger partial charge in [0.25, 0.3) is 0 Å². The predicted octanol–water partition coefficient (Wildman–Crippen LogP) is 3.24. The lowest BCUT2D eigenvalue weighted by Crippen LogP contribution is -2.37. The molecule has 0 heterocycles. The maximum atomic E-state index is 11.9. The predicted molar refractivity (Wildman–Crippen MR) is 118 cm³/mol. The highest BCUT2D eigenvalue weighted by molar-refractivity contribution is 5.93. The summed E-state index contributed by atoms with van der Waals surface area (Å²) >= 11 is 0. The lowest BCUT2D eigenvalue weighted by atomic mass is 10.2. The molecular weight excluding hydrogens is 398 g/mol. The Kier molecular flexibility index (Phi) is 8.87. The Morgan fingerprint density at radius 2 is 1.55 bits per heavy atom. The van der Waals surface area contributed by atoms with Crippen LogP contribution in [0.4, 0.5) is 10.5 Å². The molecule has 0 saturated heterocycles. The molecule has 0 aliphatic heterocycles. The van der Waals surface area contributed by atoms with E-state index in [9.17, 15) is 14.4 Å². The Morgan fingerprint density at radius 3 is 2.19 bits per heavy atom. The van der Waals surface area contributed by atoms with Crippen LogP contribution < -0.4 is 20.7 Å². The van der Waals surface area contributed by atoms with Gasteiger partial charge < -0.3 is 25.4 Å². The van der Waals surface area contributed by atoms with Gasteiger partial charge in [-0.2, -0.15) is 0 Å². The van der Waals surface area contributed by atoms with Gasteiger partial charge in [0.05, 0.1) is 13.0 Å². The zero-order valence-corrected chi connectivity index (χ0v) is 18.1. The average molecular weight is 428 g/mol. The fourth-order valence-electron chi connectivity index (χ4n) is 2.45. The number of benzene rings is 2. The van der Waals surface area contributed by atoms with E-state index in [0.29, 0.717) is 18.8 Å². The number of hydrogen-bond donors (Lipinski definition) is 3. The van der Waals surface area contributed by atoms with Crippen LogP contribution in [-0.4, -0.2) is 36.7 Å². The van der Waals surface area contributed by atoms with Crippen LogP contribution in [0.1, 0.15) is 32.8 Å².